The zero-order chi connectivity index (χ0) is 35.8. The molecule has 0 heterocycles. The number of rotatable bonds is 33. The summed E-state index contributed by atoms with van der Waals surface area (Å²) in [6.45, 7) is 4.66. The van der Waals surface area contributed by atoms with Crippen LogP contribution in [0.5, 0.6) is 0 Å². The number of hydrogen-bond donors (Lipinski definition) is 3. The Morgan fingerprint density at radius 3 is 1.85 bits per heavy atom. The monoisotopic (exact) mass is 698 g/mol. The molecule has 0 saturated carbocycles. The van der Waals surface area contributed by atoms with Crippen molar-refractivity contribution >= 4 is 13.7 Å². The van der Waals surface area contributed by atoms with Crippen molar-refractivity contribution in [2.45, 2.75) is 154 Å². The number of phosphoric acid groups is 1. The van der Waals surface area contributed by atoms with Gasteiger partial charge in [-0.15, -0.1) is 0 Å². The highest BCUT2D eigenvalue weighted by Gasteiger charge is 2.27. The summed E-state index contributed by atoms with van der Waals surface area (Å²) in [5, 5.41) is 13.6. The van der Waals surface area contributed by atoms with Gasteiger partial charge >= 0.3 is 7.82 Å². The molecule has 48 heavy (non-hydrogen) atoms. The first-order chi connectivity index (χ1) is 23.0. The predicted molar refractivity (Wildman–Crippen MR) is 203 cm³/mol. The van der Waals surface area contributed by atoms with Gasteiger partial charge in [0.05, 0.1) is 39.9 Å². The van der Waals surface area contributed by atoms with E-state index in [1.165, 1.54) is 70.6 Å². The van der Waals surface area contributed by atoms with Crippen molar-refractivity contribution < 1.29 is 32.9 Å². The standard InChI is InChI=1S/C39H73N2O6P/c1-6-8-10-12-14-16-17-18-19-20-21-22-23-24-25-27-29-31-33-39(43)40-37(36-47-48(44,45)46-35-34-41(3,4)5)38(42)32-30-28-26-15-13-11-9-7-2/h13,15-17,19-20,30,32,37-38,42H,6-12,14,18,21-29,31,33-36H2,1-5H3,(H-,40,43,44,45)/p+1/b15-13+,17-16-,20-19-,32-30+. The number of likely N-dealkylation sites (N-methyl/N-ethyl adjacent to an activating group) is 1. The fraction of sp³-hybridized carbons (Fsp3) is 0.769. The number of allylic oxidation sites excluding steroid dienone is 7. The van der Waals surface area contributed by atoms with Crippen LogP contribution in [0, 0.1) is 0 Å². The molecule has 1 amide bonds. The third-order valence-electron chi connectivity index (χ3n) is 8.02. The Balaban J connectivity index is 4.44. The van der Waals surface area contributed by atoms with Gasteiger partial charge in [0.1, 0.15) is 13.2 Å². The van der Waals surface area contributed by atoms with Gasteiger partial charge in [-0.05, 0) is 57.8 Å². The Labute approximate surface area is 295 Å². The number of nitrogens with one attached hydrogen (secondary N) is 1. The minimum Gasteiger partial charge on any atom is -0.387 e. The first kappa shape index (κ1) is 46.5. The van der Waals surface area contributed by atoms with Gasteiger partial charge in [0.25, 0.3) is 0 Å². The summed E-state index contributed by atoms with van der Waals surface area (Å²) >= 11 is 0. The first-order valence-corrected chi connectivity index (χ1v) is 20.5. The van der Waals surface area contributed by atoms with Crippen LogP contribution in [0.1, 0.15) is 142 Å². The Kier molecular flexibility index (Phi) is 30.4. The van der Waals surface area contributed by atoms with Crippen molar-refractivity contribution in [3.05, 3.63) is 48.6 Å². The highest BCUT2D eigenvalue weighted by atomic mass is 31.2. The molecule has 0 rings (SSSR count). The number of carbonyl (C=O) groups is 1. The second-order valence-corrected chi connectivity index (χ2v) is 15.4. The van der Waals surface area contributed by atoms with E-state index in [9.17, 15) is 19.4 Å². The molecule has 3 atom stereocenters. The van der Waals surface area contributed by atoms with Crippen molar-refractivity contribution in [1.82, 2.24) is 5.32 Å². The van der Waals surface area contributed by atoms with E-state index in [1.54, 1.807) is 6.08 Å². The molecule has 0 aromatic rings. The zero-order valence-electron chi connectivity index (χ0n) is 31.5. The lowest BCUT2D eigenvalue weighted by atomic mass is 10.1. The van der Waals surface area contributed by atoms with Gasteiger partial charge in [-0.2, -0.15) is 0 Å². The summed E-state index contributed by atoms with van der Waals surface area (Å²) in [6, 6.07) is -0.864. The minimum absolute atomic E-state index is 0.0523. The average Bonchev–Trinajstić information content (AvgIpc) is 3.02. The van der Waals surface area contributed by atoms with Gasteiger partial charge in [0.2, 0.25) is 5.91 Å². The van der Waals surface area contributed by atoms with Crippen LogP contribution < -0.4 is 5.32 Å². The molecule has 8 nitrogen and oxygen atoms in total. The van der Waals surface area contributed by atoms with Gasteiger partial charge in [-0.1, -0.05) is 127 Å². The van der Waals surface area contributed by atoms with E-state index >= 15 is 0 Å². The largest absolute Gasteiger partial charge is 0.472 e. The van der Waals surface area contributed by atoms with Crippen LogP contribution in [0.2, 0.25) is 0 Å². The summed E-state index contributed by atoms with van der Waals surface area (Å²) in [5.74, 6) is -0.202. The van der Waals surface area contributed by atoms with E-state index in [4.69, 9.17) is 9.05 Å². The molecule has 0 saturated heterocycles. The Morgan fingerprint density at radius 1 is 0.708 bits per heavy atom. The fourth-order valence-electron chi connectivity index (χ4n) is 4.89. The molecule has 280 valence electrons. The van der Waals surface area contributed by atoms with Crippen molar-refractivity contribution in [3.8, 4) is 0 Å². The smallest absolute Gasteiger partial charge is 0.387 e. The maximum absolute atomic E-state index is 12.8. The topological polar surface area (TPSA) is 105 Å². The van der Waals surface area contributed by atoms with Gasteiger partial charge in [-0.25, -0.2) is 4.57 Å². The fourth-order valence-corrected chi connectivity index (χ4v) is 5.63. The lowest BCUT2D eigenvalue weighted by Gasteiger charge is -2.25. The zero-order valence-corrected chi connectivity index (χ0v) is 32.4. The molecule has 3 unspecified atom stereocenters. The molecule has 0 aromatic heterocycles. The maximum Gasteiger partial charge on any atom is 0.472 e. The molecular formula is C39H74N2O6P+. The van der Waals surface area contributed by atoms with Crippen molar-refractivity contribution in [3.63, 3.8) is 0 Å². The highest BCUT2D eigenvalue weighted by Crippen LogP contribution is 2.43. The number of amides is 1. The van der Waals surface area contributed by atoms with Gasteiger partial charge in [0, 0.05) is 6.42 Å². The van der Waals surface area contributed by atoms with Crippen molar-refractivity contribution in [2.24, 2.45) is 0 Å². The van der Waals surface area contributed by atoms with Crippen molar-refractivity contribution in [2.75, 3.05) is 40.9 Å². The molecule has 0 radical (unpaired) electrons. The molecule has 0 aliphatic heterocycles. The molecule has 0 aromatic carbocycles. The molecule has 0 fully saturated rings. The SMILES string of the molecule is CCCC/C=C/CC/C=C/C(O)C(COP(=O)(O)OCC[N+](C)(C)C)NC(=O)CCCCCCCCC/C=C\C/C=C\CCCCCC. The Morgan fingerprint density at radius 2 is 1.23 bits per heavy atom. The minimum atomic E-state index is -4.33. The quantitative estimate of drug-likeness (QED) is 0.0273. The molecule has 0 bridgehead atoms. The number of aliphatic hydroxyl groups is 1. The summed E-state index contributed by atoms with van der Waals surface area (Å²) in [6.07, 6.45) is 37.6. The van der Waals surface area contributed by atoms with E-state index in [1.807, 2.05) is 27.2 Å². The van der Waals surface area contributed by atoms with Gasteiger partial charge < -0.3 is 19.8 Å². The number of phosphoric ester groups is 1. The molecule has 3 N–H and O–H groups in total. The van der Waals surface area contributed by atoms with Crippen LogP contribution in [-0.4, -0.2) is 73.4 Å². The van der Waals surface area contributed by atoms with Crippen molar-refractivity contribution in [1.29, 1.82) is 0 Å². The van der Waals surface area contributed by atoms with Gasteiger partial charge in [0.15, 0.2) is 0 Å². The molecular weight excluding hydrogens is 623 g/mol. The van der Waals surface area contributed by atoms with E-state index in [0.717, 1.165) is 51.4 Å². The lowest BCUT2D eigenvalue weighted by Crippen LogP contribution is -2.45. The van der Waals surface area contributed by atoms with Crippen LogP contribution in [-0.2, 0) is 18.4 Å². The average molecular weight is 698 g/mol. The molecule has 0 spiro atoms. The Bertz CT molecular complexity index is 928. The van der Waals surface area contributed by atoms with E-state index in [-0.39, 0.29) is 19.1 Å². The lowest BCUT2D eigenvalue weighted by molar-refractivity contribution is -0.870. The van der Waals surface area contributed by atoms with E-state index in [2.05, 4.69) is 55.6 Å². The number of nitrogens with zero attached hydrogens (tertiary/aromatic N) is 1. The van der Waals surface area contributed by atoms with Crippen LogP contribution in [0.15, 0.2) is 48.6 Å². The van der Waals surface area contributed by atoms with Gasteiger partial charge in [-0.3, -0.25) is 13.8 Å². The number of carbonyl (C=O) groups excluding carboxylic acids is 1. The summed E-state index contributed by atoms with van der Waals surface area (Å²) in [7, 11) is 1.54. The maximum atomic E-state index is 12.8. The predicted octanol–water partition coefficient (Wildman–Crippen LogP) is 9.74. The second-order valence-electron chi connectivity index (χ2n) is 13.9. The number of unbranched alkanes of at least 4 members (excludes halogenated alkanes) is 14. The summed E-state index contributed by atoms with van der Waals surface area (Å²) < 4.78 is 23.3. The molecule has 0 aliphatic rings. The van der Waals surface area contributed by atoms with Crippen LogP contribution >= 0.6 is 7.82 Å². The molecule has 9 heteroatoms. The normalized spacial score (nSPS) is 15.2. The second kappa shape index (κ2) is 31.4. The number of quaternary nitrogens is 1. The summed E-state index contributed by atoms with van der Waals surface area (Å²) in [4.78, 5) is 22.9. The highest BCUT2D eigenvalue weighted by molar-refractivity contribution is 7.47. The molecule has 0 aliphatic carbocycles. The third kappa shape index (κ3) is 33.0. The van der Waals surface area contributed by atoms with Crippen LogP contribution in [0.25, 0.3) is 0 Å². The summed E-state index contributed by atoms with van der Waals surface area (Å²) in [5.41, 5.74) is 0. The Hall–Kier alpha value is -1.54. The van der Waals surface area contributed by atoms with Crippen LogP contribution in [0.4, 0.5) is 0 Å². The van der Waals surface area contributed by atoms with E-state index < -0.39 is 20.0 Å². The first-order valence-electron chi connectivity index (χ1n) is 19.0. The van der Waals surface area contributed by atoms with Crippen LogP contribution in [0.3, 0.4) is 0 Å². The number of hydrogen-bond acceptors (Lipinski definition) is 5. The third-order valence-corrected chi connectivity index (χ3v) is 9.01. The van der Waals surface area contributed by atoms with E-state index in [0.29, 0.717) is 17.4 Å². The number of aliphatic hydroxyl groups excluding tert-OH is 1.